The van der Waals surface area contributed by atoms with Crippen LogP contribution in [0.25, 0.3) is 11.1 Å². The Balaban J connectivity index is 1.73. The molecular weight excluding hydrogens is 328 g/mol. The van der Waals surface area contributed by atoms with Crippen molar-refractivity contribution in [1.29, 1.82) is 0 Å². The fraction of sp³-hybridized carbons (Fsp3) is 0.375. The summed E-state index contributed by atoms with van der Waals surface area (Å²) in [5.41, 5.74) is 1.58. The standard InChI is InChI=1S/C16H18N4O3S/c1-16(2,3)14-18-12(19-20-14)8-24-15-17-10-6-5-9(13(21)22-4)7-11(10)23-15/h5-7H,8H2,1-4H3,(H,18,19,20). The van der Waals surface area contributed by atoms with Crippen LogP contribution in [0.2, 0.25) is 0 Å². The molecule has 7 nitrogen and oxygen atoms in total. The van der Waals surface area contributed by atoms with Crippen molar-refractivity contribution < 1.29 is 13.9 Å². The number of oxazole rings is 1. The summed E-state index contributed by atoms with van der Waals surface area (Å²) in [7, 11) is 1.34. The summed E-state index contributed by atoms with van der Waals surface area (Å²) in [5, 5.41) is 7.68. The zero-order chi connectivity index (χ0) is 17.3. The van der Waals surface area contributed by atoms with Gasteiger partial charge in [-0.15, -0.1) is 0 Å². The lowest BCUT2D eigenvalue weighted by Crippen LogP contribution is -2.13. The minimum Gasteiger partial charge on any atom is -0.465 e. The van der Waals surface area contributed by atoms with Crippen molar-refractivity contribution in [1.82, 2.24) is 20.2 Å². The highest BCUT2D eigenvalue weighted by Gasteiger charge is 2.19. The lowest BCUT2D eigenvalue weighted by molar-refractivity contribution is 0.0600. The molecule has 126 valence electrons. The molecule has 0 radical (unpaired) electrons. The summed E-state index contributed by atoms with van der Waals surface area (Å²) in [5.74, 6) is 1.71. The van der Waals surface area contributed by atoms with Crippen LogP contribution >= 0.6 is 11.8 Å². The third kappa shape index (κ3) is 3.43. The number of benzene rings is 1. The molecule has 3 rings (SSSR count). The molecule has 0 aliphatic rings. The summed E-state index contributed by atoms with van der Waals surface area (Å²) >= 11 is 1.42. The van der Waals surface area contributed by atoms with E-state index in [1.54, 1.807) is 18.2 Å². The van der Waals surface area contributed by atoms with E-state index in [2.05, 4.69) is 40.9 Å². The molecule has 1 N–H and O–H groups in total. The highest BCUT2D eigenvalue weighted by Crippen LogP contribution is 2.27. The van der Waals surface area contributed by atoms with E-state index < -0.39 is 5.97 Å². The number of nitrogens with one attached hydrogen (secondary N) is 1. The van der Waals surface area contributed by atoms with Gasteiger partial charge in [-0.05, 0) is 18.2 Å². The van der Waals surface area contributed by atoms with Crippen molar-refractivity contribution in [2.24, 2.45) is 0 Å². The third-order valence-electron chi connectivity index (χ3n) is 3.32. The van der Waals surface area contributed by atoms with E-state index in [1.165, 1.54) is 18.9 Å². The van der Waals surface area contributed by atoms with E-state index in [-0.39, 0.29) is 5.41 Å². The number of hydrogen-bond acceptors (Lipinski definition) is 7. The smallest absolute Gasteiger partial charge is 0.337 e. The Morgan fingerprint density at radius 2 is 2.12 bits per heavy atom. The Labute approximate surface area is 143 Å². The van der Waals surface area contributed by atoms with Crippen LogP contribution in [-0.2, 0) is 15.9 Å². The van der Waals surface area contributed by atoms with Crippen molar-refractivity contribution >= 4 is 28.8 Å². The maximum atomic E-state index is 11.5. The summed E-state index contributed by atoms with van der Waals surface area (Å²) < 4.78 is 10.4. The topological polar surface area (TPSA) is 93.9 Å². The van der Waals surface area contributed by atoms with E-state index in [0.717, 1.165) is 11.6 Å². The fourth-order valence-electron chi connectivity index (χ4n) is 2.04. The molecule has 0 atom stereocenters. The first-order valence-corrected chi connectivity index (χ1v) is 8.39. The van der Waals surface area contributed by atoms with E-state index in [4.69, 9.17) is 9.15 Å². The Morgan fingerprint density at radius 1 is 1.33 bits per heavy atom. The molecule has 0 saturated carbocycles. The average molecular weight is 346 g/mol. The maximum Gasteiger partial charge on any atom is 0.337 e. The van der Waals surface area contributed by atoms with Gasteiger partial charge in [0.05, 0.1) is 18.4 Å². The lowest BCUT2D eigenvalue weighted by atomic mass is 9.96. The molecule has 0 bridgehead atoms. The fourth-order valence-corrected chi connectivity index (χ4v) is 2.74. The van der Waals surface area contributed by atoms with Crippen LogP contribution in [0.1, 0.15) is 42.8 Å². The van der Waals surface area contributed by atoms with E-state index >= 15 is 0 Å². The number of methoxy groups -OCH3 is 1. The van der Waals surface area contributed by atoms with Gasteiger partial charge >= 0.3 is 5.97 Å². The number of nitrogens with zero attached hydrogens (tertiary/aromatic N) is 3. The zero-order valence-corrected chi connectivity index (χ0v) is 14.7. The Bertz CT molecular complexity index is 879. The molecule has 0 fully saturated rings. The molecule has 2 heterocycles. The largest absolute Gasteiger partial charge is 0.465 e. The minimum absolute atomic E-state index is 0.0959. The monoisotopic (exact) mass is 346 g/mol. The van der Waals surface area contributed by atoms with Crippen LogP contribution in [0.5, 0.6) is 0 Å². The van der Waals surface area contributed by atoms with Crippen LogP contribution in [0.3, 0.4) is 0 Å². The SMILES string of the molecule is COC(=O)c1ccc2nc(SCc3nc(C(C)(C)C)n[nH]3)oc2c1. The molecular formula is C16H18N4O3S. The number of rotatable bonds is 4. The summed E-state index contributed by atoms with van der Waals surface area (Å²) in [6, 6.07) is 5.03. The second-order valence-electron chi connectivity index (χ2n) is 6.30. The number of thioether (sulfide) groups is 1. The first kappa shape index (κ1) is 16.5. The van der Waals surface area contributed by atoms with Gasteiger partial charge in [-0.1, -0.05) is 32.5 Å². The van der Waals surface area contributed by atoms with Crippen molar-refractivity contribution in [2.45, 2.75) is 37.2 Å². The molecule has 8 heteroatoms. The van der Waals surface area contributed by atoms with Gasteiger partial charge in [-0.3, -0.25) is 5.10 Å². The molecule has 24 heavy (non-hydrogen) atoms. The second kappa shape index (κ2) is 6.27. The second-order valence-corrected chi connectivity index (χ2v) is 7.22. The summed E-state index contributed by atoms with van der Waals surface area (Å²) in [6.45, 7) is 6.19. The molecule has 0 unspecified atom stereocenters. The Kier molecular flexibility index (Phi) is 4.31. The van der Waals surface area contributed by atoms with E-state index in [1.807, 2.05) is 0 Å². The average Bonchev–Trinajstić information content (AvgIpc) is 3.17. The maximum absolute atomic E-state index is 11.5. The normalized spacial score (nSPS) is 11.8. The number of hydrogen-bond donors (Lipinski definition) is 1. The lowest BCUT2D eigenvalue weighted by Gasteiger charge is -2.11. The highest BCUT2D eigenvalue weighted by molar-refractivity contribution is 7.98. The van der Waals surface area contributed by atoms with E-state index in [9.17, 15) is 4.79 Å². The van der Waals surface area contributed by atoms with Crippen molar-refractivity contribution in [3.63, 3.8) is 0 Å². The molecule has 0 spiro atoms. The molecule has 0 saturated heterocycles. The summed E-state index contributed by atoms with van der Waals surface area (Å²) in [4.78, 5) is 20.4. The number of carbonyl (C=O) groups is 1. The van der Waals surface area contributed by atoms with Crippen molar-refractivity contribution in [2.75, 3.05) is 7.11 Å². The molecule has 0 amide bonds. The molecule has 0 aliphatic heterocycles. The number of aromatic amines is 1. The molecule has 1 aromatic carbocycles. The molecule has 3 aromatic rings. The predicted octanol–water partition coefficient (Wildman–Crippen LogP) is 3.32. The number of ether oxygens (including phenoxy) is 1. The van der Waals surface area contributed by atoms with Gasteiger partial charge in [-0.2, -0.15) is 5.10 Å². The number of H-pyrrole nitrogens is 1. The third-order valence-corrected chi connectivity index (χ3v) is 4.16. The van der Waals surface area contributed by atoms with E-state index in [0.29, 0.717) is 27.6 Å². The van der Waals surface area contributed by atoms with Gasteiger partial charge in [0, 0.05) is 5.41 Å². The first-order valence-electron chi connectivity index (χ1n) is 7.40. The predicted molar refractivity (Wildman–Crippen MR) is 90.0 cm³/mol. The van der Waals surface area contributed by atoms with Gasteiger partial charge in [0.1, 0.15) is 11.3 Å². The number of carbonyl (C=O) groups excluding carboxylic acids is 1. The highest BCUT2D eigenvalue weighted by atomic mass is 32.2. The van der Waals surface area contributed by atoms with Crippen LogP contribution in [0.4, 0.5) is 0 Å². The van der Waals surface area contributed by atoms with Gasteiger partial charge in [-0.25, -0.2) is 14.8 Å². The Hall–Kier alpha value is -2.35. The van der Waals surface area contributed by atoms with Crippen LogP contribution in [0, 0.1) is 0 Å². The minimum atomic E-state index is -0.404. The first-order chi connectivity index (χ1) is 11.4. The molecule has 2 aromatic heterocycles. The van der Waals surface area contributed by atoms with Crippen molar-refractivity contribution in [3.05, 3.63) is 35.4 Å². The zero-order valence-electron chi connectivity index (χ0n) is 13.9. The quantitative estimate of drug-likeness (QED) is 0.572. The van der Waals surface area contributed by atoms with Crippen molar-refractivity contribution in [3.8, 4) is 0 Å². The number of fused-ring (bicyclic) bond motifs is 1. The molecule has 0 aliphatic carbocycles. The number of esters is 1. The van der Waals surface area contributed by atoms with Crippen LogP contribution < -0.4 is 0 Å². The van der Waals surface area contributed by atoms with Gasteiger partial charge in [0.15, 0.2) is 11.4 Å². The Morgan fingerprint density at radius 3 is 2.79 bits per heavy atom. The number of aromatic nitrogens is 4. The van der Waals surface area contributed by atoms with Crippen LogP contribution in [0.15, 0.2) is 27.8 Å². The van der Waals surface area contributed by atoms with Crippen LogP contribution in [-0.4, -0.2) is 33.2 Å². The summed E-state index contributed by atoms with van der Waals surface area (Å²) in [6.07, 6.45) is 0. The van der Waals surface area contributed by atoms with Gasteiger partial charge in [0.2, 0.25) is 0 Å². The van der Waals surface area contributed by atoms with Gasteiger partial charge < -0.3 is 9.15 Å². The van der Waals surface area contributed by atoms with Gasteiger partial charge in [0.25, 0.3) is 5.22 Å².